The molecular formula is C15H19N5O2S. The van der Waals surface area contributed by atoms with Gasteiger partial charge in [-0.3, -0.25) is 9.69 Å². The number of likely N-dealkylation sites (tertiary alicyclic amines) is 1. The van der Waals surface area contributed by atoms with Crippen LogP contribution in [0.3, 0.4) is 0 Å². The van der Waals surface area contributed by atoms with E-state index in [1.807, 2.05) is 11.8 Å². The Morgan fingerprint density at radius 2 is 2.39 bits per heavy atom. The second-order valence-electron chi connectivity index (χ2n) is 6.05. The molecule has 1 saturated heterocycles. The summed E-state index contributed by atoms with van der Waals surface area (Å²) >= 11 is 1.87. The Bertz CT molecular complexity index is 730. The molecule has 23 heavy (non-hydrogen) atoms. The average Bonchev–Trinajstić information content (AvgIpc) is 3.21. The fourth-order valence-corrected chi connectivity index (χ4v) is 4.29. The zero-order valence-electron chi connectivity index (χ0n) is 12.8. The highest BCUT2D eigenvalue weighted by atomic mass is 32.2. The molecule has 7 nitrogen and oxygen atoms in total. The van der Waals surface area contributed by atoms with E-state index in [0.717, 1.165) is 48.6 Å². The Kier molecular flexibility index (Phi) is 4.17. The summed E-state index contributed by atoms with van der Waals surface area (Å²) in [6.45, 7) is 2.30. The molecule has 0 amide bonds. The van der Waals surface area contributed by atoms with Gasteiger partial charge in [-0.25, -0.2) is 4.68 Å². The van der Waals surface area contributed by atoms with Crippen LogP contribution in [0.1, 0.15) is 29.9 Å². The fraction of sp³-hybridized carbons (Fsp3) is 0.600. The number of hydrogen-bond acceptors (Lipinski definition) is 7. The van der Waals surface area contributed by atoms with Gasteiger partial charge in [0.2, 0.25) is 6.39 Å². The maximum Gasteiger partial charge on any atom is 0.267 e. The Morgan fingerprint density at radius 3 is 3.26 bits per heavy atom. The lowest BCUT2D eigenvalue weighted by atomic mass is 10.2. The number of aryl methyl sites for hydroxylation is 1. The van der Waals surface area contributed by atoms with E-state index in [1.165, 1.54) is 6.39 Å². The number of thioether (sulfide) groups is 1. The fourth-order valence-electron chi connectivity index (χ4n) is 3.34. The molecule has 1 fully saturated rings. The average molecular weight is 333 g/mol. The van der Waals surface area contributed by atoms with E-state index in [2.05, 4.69) is 20.1 Å². The van der Waals surface area contributed by atoms with Gasteiger partial charge in [-0.2, -0.15) is 21.8 Å². The van der Waals surface area contributed by atoms with Crippen molar-refractivity contribution in [2.45, 2.75) is 44.1 Å². The van der Waals surface area contributed by atoms with Gasteiger partial charge in [-0.15, -0.1) is 0 Å². The van der Waals surface area contributed by atoms with Gasteiger partial charge in [0.05, 0.1) is 18.8 Å². The molecule has 2 aliphatic rings. The van der Waals surface area contributed by atoms with Crippen LogP contribution in [0.4, 0.5) is 0 Å². The molecule has 0 N–H and O–H groups in total. The Balaban J connectivity index is 1.51. The standard InChI is InChI=1S/C15H19N5O2S/c21-15-6-11-9-23-5-3-13(11)17-20(15)7-12-2-1-4-19(12)8-14-16-10-22-18-14/h6,10,12H,1-5,7-9H2. The van der Waals surface area contributed by atoms with Crippen molar-refractivity contribution in [3.05, 3.63) is 39.9 Å². The highest BCUT2D eigenvalue weighted by Crippen LogP contribution is 2.23. The number of nitrogens with zero attached hydrogens (tertiary/aromatic N) is 5. The monoisotopic (exact) mass is 333 g/mol. The first-order valence-electron chi connectivity index (χ1n) is 7.96. The minimum Gasteiger partial charge on any atom is -0.343 e. The van der Waals surface area contributed by atoms with Gasteiger partial charge in [0.1, 0.15) is 0 Å². The largest absolute Gasteiger partial charge is 0.343 e. The zero-order chi connectivity index (χ0) is 15.6. The lowest BCUT2D eigenvalue weighted by molar-refractivity contribution is 0.209. The second kappa shape index (κ2) is 6.45. The topological polar surface area (TPSA) is 77.0 Å². The lowest BCUT2D eigenvalue weighted by Crippen LogP contribution is -2.37. The van der Waals surface area contributed by atoms with Crippen LogP contribution in [0.15, 0.2) is 21.8 Å². The van der Waals surface area contributed by atoms with Crippen LogP contribution in [0.25, 0.3) is 0 Å². The van der Waals surface area contributed by atoms with Gasteiger partial charge in [0.15, 0.2) is 5.82 Å². The molecule has 122 valence electrons. The SMILES string of the molecule is O=c1cc2c(nn1CC1CCCN1Cc1ncon1)CCSC2. The molecule has 1 atom stereocenters. The zero-order valence-corrected chi connectivity index (χ0v) is 13.7. The van der Waals surface area contributed by atoms with Crippen molar-refractivity contribution in [1.29, 1.82) is 0 Å². The minimum atomic E-state index is 0.0117. The van der Waals surface area contributed by atoms with Crippen LogP contribution in [0.2, 0.25) is 0 Å². The third kappa shape index (κ3) is 3.18. The van der Waals surface area contributed by atoms with E-state index in [9.17, 15) is 4.79 Å². The highest BCUT2D eigenvalue weighted by Gasteiger charge is 2.27. The molecular weight excluding hydrogens is 314 g/mol. The normalized spacial score (nSPS) is 21.5. The van der Waals surface area contributed by atoms with Crippen LogP contribution >= 0.6 is 11.8 Å². The van der Waals surface area contributed by atoms with Gasteiger partial charge >= 0.3 is 0 Å². The van der Waals surface area contributed by atoms with E-state index >= 15 is 0 Å². The highest BCUT2D eigenvalue weighted by molar-refractivity contribution is 7.98. The summed E-state index contributed by atoms with van der Waals surface area (Å²) in [5.74, 6) is 2.69. The maximum absolute atomic E-state index is 12.3. The van der Waals surface area contributed by atoms with Crippen molar-refractivity contribution in [3.8, 4) is 0 Å². The number of aromatic nitrogens is 4. The quantitative estimate of drug-likeness (QED) is 0.828. The summed E-state index contributed by atoms with van der Waals surface area (Å²) in [6, 6.07) is 2.07. The van der Waals surface area contributed by atoms with Crippen molar-refractivity contribution < 1.29 is 4.52 Å². The lowest BCUT2D eigenvalue weighted by Gasteiger charge is -2.24. The third-order valence-electron chi connectivity index (χ3n) is 4.54. The molecule has 2 aromatic heterocycles. The Hall–Kier alpha value is -1.67. The van der Waals surface area contributed by atoms with Crippen LogP contribution in [0, 0.1) is 0 Å². The summed E-state index contributed by atoms with van der Waals surface area (Å²) in [5, 5.41) is 8.50. The number of hydrogen-bond donors (Lipinski definition) is 0. The molecule has 0 saturated carbocycles. The smallest absolute Gasteiger partial charge is 0.267 e. The first-order chi connectivity index (χ1) is 11.3. The van der Waals surface area contributed by atoms with Crippen molar-refractivity contribution in [2.75, 3.05) is 12.3 Å². The van der Waals surface area contributed by atoms with Gasteiger partial charge in [-0.05, 0) is 30.7 Å². The van der Waals surface area contributed by atoms with Crippen LogP contribution in [-0.2, 0) is 25.3 Å². The molecule has 8 heteroatoms. The van der Waals surface area contributed by atoms with Crippen LogP contribution < -0.4 is 5.56 Å². The first kappa shape index (κ1) is 14.9. The summed E-state index contributed by atoms with van der Waals surface area (Å²) in [5.41, 5.74) is 2.21. The first-order valence-corrected chi connectivity index (χ1v) is 9.12. The predicted molar refractivity (Wildman–Crippen MR) is 86.1 cm³/mol. The van der Waals surface area contributed by atoms with Crippen LogP contribution in [-0.4, -0.2) is 43.2 Å². The predicted octanol–water partition coefficient (Wildman–Crippen LogP) is 1.08. The molecule has 4 rings (SSSR count). The van der Waals surface area contributed by atoms with Crippen LogP contribution in [0.5, 0.6) is 0 Å². The molecule has 0 aliphatic carbocycles. The van der Waals surface area contributed by atoms with E-state index < -0.39 is 0 Å². The Morgan fingerprint density at radius 1 is 1.43 bits per heavy atom. The van der Waals surface area contributed by atoms with Crippen molar-refractivity contribution in [1.82, 2.24) is 24.8 Å². The molecule has 0 radical (unpaired) electrons. The third-order valence-corrected chi connectivity index (χ3v) is 5.55. The van der Waals surface area contributed by atoms with Gasteiger partial charge in [-0.1, -0.05) is 5.16 Å². The molecule has 1 unspecified atom stereocenters. The second-order valence-corrected chi connectivity index (χ2v) is 7.16. The van der Waals surface area contributed by atoms with Crippen molar-refractivity contribution in [2.24, 2.45) is 0 Å². The summed E-state index contributed by atoms with van der Waals surface area (Å²) in [6.07, 6.45) is 4.50. The van der Waals surface area contributed by atoms with E-state index in [-0.39, 0.29) is 5.56 Å². The van der Waals surface area contributed by atoms with Gasteiger partial charge in [0.25, 0.3) is 5.56 Å². The van der Waals surface area contributed by atoms with Crippen molar-refractivity contribution in [3.63, 3.8) is 0 Å². The number of rotatable bonds is 4. The van der Waals surface area contributed by atoms with Gasteiger partial charge < -0.3 is 4.52 Å². The van der Waals surface area contributed by atoms with E-state index in [1.54, 1.807) is 10.7 Å². The molecule has 0 aromatic carbocycles. The maximum atomic E-state index is 12.3. The molecule has 0 bridgehead atoms. The minimum absolute atomic E-state index is 0.0117. The van der Waals surface area contributed by atoms with E-state index in [0.29, 0.717) is 25.0 Å². The van der Waals surface area contributed by atoms with Gasteiger partial charge in [0, 0.05) is 24.3 Å². The Labute approximate surface area is 138 Å². The molecule has 2 aliphatic heterocycles. The molecule has 2 aromatic rings. The summed E-state index contributed by atoms with van der Waals surface area (Å²) < 4.78 is 6.45. The summed E-state index contributed by atoms with van der Waals surface area (Å²) in [4.78, 5) is 18.7. The number of fused-ring (bicyclic) bond motifs is 1. The van der Waals surface area contributed by atoms with E-state index in [4.69, 9.17) is 4.52 Å². The molecule has 0 spiro atoms. The molecule has 4 heterocycles. The van der Waals surface area contributed by atoms with Crippen molar-refractivity contribution >= 4 is 11.8 Å². The summed E-state index contributed by atoms with van der Waals surface area (Å²) in [7, 11) is 0.